The highest BCUT2D eigenvalue weighted by Gasteiger charge is 2.00. The number of hydrogen-bond donors (Lipinski definition) is 1. The van der Waals surface area contributed by atoms with E-state index in [2.05, 4.69) is 66.9 Å². The van der Waals surface area contributed by atoms with Crippen molar-refractivity contribution in [2.75, 3.05) is 6.54 Å². The topological polar surface area (TPSA) is 12.0 Å². The molecule has 0 heterocycles. The van der Waals surface area contributed by atoms with Crippen LogP contribution in [0.25, 0.3) is 6.08 Å². The minimum atomic E-state index is 0.417. The summed E-state index contributed by atoms with van der Waals surface area (Å²) in [6, 6.07) is 10.9. The lowest BCUT2D eigenvalue weighted by atomic mass is 10.0. The number of hydrogen-bond acceptors (Lipinski definition) is 1. The summed E-state index contributed by atoms with van der Waals surface area (Å²) in [5.41, 5.74) is 2.82. The van der Waals surface area contributed by atoms with E-state index in [1.54, 1.807) is 5.57 Å². The molecule has 0 bridgehead atoms. The van der Waals surface area contributed by atoms with E-state index in [9.17, 15) is 0 Å². The Morgan fingerprint density at radius 1 is 1.26 bits per heavy atom. The van der Waals surface area contributed by atoms with Gasteiger partial charge in [0, 0.05) is 6.04 Å². The second-order valence-electron chi connectivity index (χ2n) is 5.05. The van der Waals surface area contributed by atoms with Crippen LogP contribution in [0.2, 0.25) is 0 Å². The van der Waals surface area contributed by atoms with Crippen molar-refractivity contribution in [3.63, 3.8) is 0 Å². The largest absolute Gasteiger partial charge is 0.310 e. The summed E-state index contributed by atoms with van der Waals surface area (Å²) in [7, 11) is 0. The van der Waals surface area contributed by atoms with Crippen molar-refractivity contribution in [2.24, 2.45) is 0 Å². The van der Waals surface area contributed by atoms with Crippen molar-refractivity contribution >= 4 is 6.08 Å². The number of nitrogens with one attached hydrogen (secondary N) is 1. The van der Waals surface area contributed by atoms with Crippen LogP contribution in [0, 0.1) is 0 Å². The van der Waals surface area contributed by atoms with Gasteiger partial charge in [-0.3, -0.25) is 0 Å². The molecule has 1 aromatic carbocycles. The van der Waals surface area contributed by atoms with Gasteiger partial charge in [0.2, 0.25) is 0 Å². The van der Waals surface area contributed by atoms with Gasteiger partial charge in [0.25, 0.3) is 0 Å². The molecule has 1 aromatic rings. The normalized spacial score (nSPS) is 16.6. The molecule has 1 atom stereocenters. The Morgan fingerprint density at radius 3 is 2.84 bits per heavy atom. The van der Waals surface area contributed by atoms with Crippen LogP contribution in [0.4, 0.5) is 0 Å². The zero-order chi connectivity index (χ0) is 13.3. The molecule has 0 fully saturated rings. The van der Waals surface area contributed by atoms with E-state index in [4.69, 9.17) is 0 Å². The van der Waals surface area contributed by atoms with Crippen LogP contribution in [-0.2, 0) is 0 Å². The summed E-state index contributed by atoms with van der Waals surface area (Å²) in [6.07, 6.45) is 14.7. The first-order valence-electron chi connectivity index (χ1n) is 7.16. The average Bonchev–Trinajstić information content (AvgIpc) is 2.47. The molecule has 0 radical (unpaired) electrons. The molecule has 0 aliphatic heterocycles. The molecule has 0 saturated heterocycles. The molecule has 1 heteroatoms. The van der Waals surface area contributed by atoms with Crippen molar-refractivity contribution in [1.82, 2.24) is 5.32 Å². The second kappa shape index (κ2) is 7.75. The molecule has 2 rings (SSSR count). The Hall–Kier alpha value is -1.60. The Labute approximate surface area is 116 Å². The Morgan fingerprint density at radius 2 is 2.11 bits per heavy atom. The Kier molecular flexibility index (Phi) is 5.64. The summed E-state index contributed by atoms with van der Waals surface area (Å²) in [4.78, 5) is 0. The van der Waals surface area contributed by atoms with Gasteiger partial charge in [-0.25, -0.2) is 0 Å². The van der Waals surface area contributed by atoms with Gasteiger partial charge < -0.3 is 5.32 Å². The lowest BCUT2D eigenvalue weighted by Crippen LogP contribution is -2.25. The summed E-state index contributed by atoms with van der Waals surface area (Å²) in [6.45, 7) is 3.26. The molecule has 1 aliphatic rings. The highest BCUT2D eigenvalue weighted by molar-refractivity contribution is 5.49. The fourth-order valence-electron chi connectivity index (χ4n) is 2.21. The second-order valence-corrected chi connectivity index (χ2v) is 5.05. The van der Waals surface area contributed by atoms with Crippen LogP contribution in [0.1, 0.15) is 31.7 Å². The molecular formula is C18H23N. The van der Waals surface area contributed by atoms with Crippen LogP contribution in [0.15, 0.2) is 60.2 Å². The summed E-state index contributed by atoms with van der Waals surface area (Å²) >= 11 is 0. The van der Waals surface area contributed by atoms with Gasteiger partial charge in [-0.05, 0) is 38.3 Å². The fraction of sp³-hybridized carbons (Fsp3) is 0.333. The maximum Gasteiger partial charge on any atom is 0.0225 e. The van der Waals surface area contributed by atoms with Gasteiger partial charge >= 0.3 is 0 Å². The maximum absolute atomic E-state index is 3.55. The van der Waals surface area contributed by atoms with E-state index in [0.717, 1.165) is 13.0 Å². The summed E-state index contributed by atoms with van der Waals surface area (Å²) in [5, 5.41) is 3.55. The maximum atomic E-state index is 3.55. The smallest absolute Gasteiger partial charge is 0.0225 e. The third-order valence-electron chi connectivity index (χ3n) is 3.39. The van der Waals surface area contributed by atoms with Gasteiger partial charge in [0.1, 0.15) is 0 Å². The zero-order valence-electron chi connectivity index (χ0n) is 11.7. The van der Waals surface area contributed by atoms with Crippen LogP contribution in [0.3, 0.4) is 0 Å². The first-order chi connectivity index (χ1) is 9.34. The van der Waals surface area contributed by atoms with E-state index < -0.39 is 0 Å². The van der Waals surface area contributed by atoms with Crippen molar-refractivity contribution in [2.45, 2.75) is 32.2 Å². The molecule has 0 spiro atoms. The average molecular weight is 253 g/mol. The van der Waals surface area contributed by atoms with Gasteiger partial charge in [-0.15, -0.1) is 0 Å². The van der Waals surface area contributed by atoms with Crippen molar-refractivity contribution in [3.05, 3.63) is 65.8 Å². The number of benzene rings is 1. The van der Waals surface area contributed by atoms with Crippen molar-refractivity contribution < 1.29 is 0 Å². The summed E-state index contributed by atoms with van der Waals surface area (Å²) < 4.78 is 0. The molecule has 0 amide bonds. The van der Waals surface area contributed by atoms with E-state index in [-0.39, 0.29) is 0 Å². The first kappa shape index (κ1) is 13.8. The van der Waals surface area contributed by atoms with Crippen LogP contribution in [-0.4, -0.2) is 12.6 Å². The van der Waals surface area contributed by atoms with E-state index in [1.165, 1.54) is 18.4 Å². The van der Waals surface area contributed by atoms with Gasteiger partial charge in [-0.1, -0.05) is 66.3 Å². The van der Waals surface area contributed by atoms with E-state index in [0.29, 0.717) is 6.04 Å². The van der Waals surface area contributed by atoms with Crippen LogP contribution in [0.5, 0.6) is 0 Å². The highest BCUT2D eigenvalue weighted by Crippen LogP contribution is 2.14. The minimum absolute atomic E-state index is 0.417. The van der Waals surface area contributed by atoms with Crippen LogP contribution >= 0.6 is 0 Å². The predicted octanol–water partition coefficient (Wildman–Crippen LogP) is 4.34. The Balaban J connectivity index is 1.70. The molecule has 1 unspecified atom stereocenters. The minimum Gasteiger partial charge on any atom is -0.310 e. The Bertz CT molecular complexity index is 454. The van der Waals surface area contributed by atoms with Crippen LogP contribution < -0.4 is 5.32 Å². The van der Waals surface area contributed by atoms with Crippen molar-refractivity contribution in [3.8, 4) is 0 Å². The van der Waals surface area contributed by atoms with E-state index >= 15 is 0 Å². The van der Waals surface area contributed by atoms with Gasteiger partial charge in [0.15, 0.2) is 0 Å². The predicted molar refractivity (Wildman–Crippen MR) is 84.0 cm³/mol. The quantitative estimate of drug-likeness (QED) is 0.795. The number of rotatable bonds is 6. The highest BCUT2D eigenvalue weighted by atomic mass is 14.9. The SMILES string of the molecule is CC(C=Cc1ccccc1)NCCC1=CC=CCC1. The summed E-state index contributed by atoms with van der Waals surface area (Å²) in [5.74, 6) is 0. The molecule has 0 aromatic heterocycles. The molecule has 19 heavy (non-hydrogen) atoms. The lowest BCUT2D eigenvalue weighted by Gasteiger charge is -2.12. The molecule has 1 aliphatic carbocycles. The third-order valence-corrected chi connectivity index (χ3v) is 3.39. The third kappa shape index (κ3) is 5.27. The fourth-order valence-corrected chi connectivity index (χ4v) is 2.21. The van der Waals surface area contributed by atoms with E-state index in [1.807, 2.05) is 6.07 Å². The molecule has 0 saturated carbocycles. The first-order valence-corrected chi connectivity index (χ1v) is 7.16. The molecular weight excluding hydrogens is 230 g/mol. The molecule has 100 valence electrons. The lowest BCUT2D eigenvalue weighted by molar-refractivity contribution is 0.624. The van der Waals surface area contributed by atoms with Gasteiger partial charge in [0.05, 0.1) is 0 Å². The number of allylic oxidation sites excluding steroid dienone is 3. The monoisotopic (exact) mass is 253 g/mol. The molecule has 1 N–H and O–H groups in total. The zero-order valence-corrected chi connectivity index (χ0v) is 11.7. The standard InChI is InChI=1S/C18H23N/c1-16(12-13-17-8-4-2-5-9-17)19-15-14-18-10-6-3-7-11-18/h2-6,8-10,12-13,16,19H,7,11,14-15H2,1H3. The van der Waals surface area contributed by atoms with Crippen molar-refractivity contribution in [1.29, 1.82) is 0 Å². The molecule has 1 nitrogen and oxygen atoms in total. The van der Waals surface area contributed by atoms with Gasteiger partial charge in [-0.2, -0.15) is 0 Å².